The van der Waals surface area contributed by atoms with Gasteiger partial charge in [0.1, 0.15) is 17.6 Å². The summed E-state index contributed by atoms with van der Waals surface area (Å²) in [5, 5.41) is 29.5. The molecule has 1 aliphatic carbocycles. The summed E-state index contributed by atoms with van der Waals surface area (Å²) < 4.78 is 11.4. The largest absolute Gasteiger partial charge is 0.481 e. The minimum absolute atomic E-state index is 0.0382. The van der Waals surface area contributed by atoms with Crippen molar-refractivity contribution in [3.63, 3.8) is 0 Å². The van der Waals surface area contributed by atoms with Crippen LogP contribution in [0.25, 0.3) is 0 Å². The number of allylic oxidation sites excluding steroid dienone is 2. The van der Waals surface area contributed by atoms with E-state index in [1.165, 1.54) is 0 Å². The second-order valence-electron chi connectivity index (χ2n) is 8.05. The van der Waals surface area contributed by atoms with Crippen molar-refractivity contribution in [3.8, 4) is 5.75 Å². The summed E-state index contributed by atoms with van der Waals surface area (Å²) in [5.74, 6) is -0.569. The molecule has 0 radical (unpaired) electrons. The molecular formula is C23H30O7. The highest BCUT2D eigenvalue weighted by Crippen LogP contribution is 2.36. The number of hydrogen-bond acceptors (Lipinski definition) is 6. The molecule has 1 aliphatic heterocycles. The Morgan fingerprint density at radius 3 is 2.87 bits per heavy atom. The molecule has 1 saturated carbocycles. The van der Waals surface area contributed by atoms with Gasteiger partial charge >= 0.3 is 5.97 Å². The second kappa shape index (κ2) is 10.7. The topological polar surface area (TPSA) is 113 Å². The van der Waals surface area contributed by atoms with Gasteiger partial charge in [-0.05, 0) is 44.1 Å². The van der Waals surface area contributed by atoms with Crippen LogP contribution >= 0.6 is 0 Å². The van der Waals surface area contributed by atoms with Crippen LogP contribution in [0, 0.1) is 11.8 Å². The SMILES string of the molecule is O=C(O)CCCC=CC[C@H]1C(=O)C[C@@H](O)[C@@H]1CC[C@H](O)C1OCc2ccccc2O1. The quantitative estimate of drug-likeness (QED) is 0.395. The first kappa shape index (κ1) is 22.5. The van der Waals surface area contributed by atoms with E-state index < -0.39 is 24.5 Å². The van der Waals surface area contributed by atoms with Gasteiger partial charge in [0, 0.05) is 24.3 Å². The van der Waals surface area contributed by atoms with Crippen LogP contribution in [0.3, 0.4) is 0 Å². The Kier molecular flexibility index (Phi) is 8.01. The molecular weight excluding hydrogens is 388 g/mol. The number of para-hydroxylation sites is 1. The minimum atomic E-state index is -0.853. The van der Waals surface area contributed by atoms with Gasteiger partial charge in [-0.15, -0.1) is 0 Å². The molecule has 0 aromatic heterocycles. The van der Waals surface area contributed by atoms with Gasteiger partial charge in [0.15, 0.2) is 0 Å². The highest BCUT2D eigenvalue weighted by molar-refractivity contribution is 5.84. The Balaban J connectivity index is 1.48. The zero-order valence-electron chi connectivity index (χ0n) is 17.0. The van der Waals surface area contributed by atoms with Crippen molar-refractivity contribution in [2.24, 2.45) is 11.8 Å². The van der Waals surface area contributed by atoms with Gasteiger partial charge in [0.2, 0.25) is 6.29 Å². The van der Waals surface area contributed by atoms with E-state index in [0.29, 0.717) is 44.5 Å². The number of aliphatic carboxylic acids is 1. The highest BCUT2D eigenvalue weighted by atomic mass is 16.7. The third-order valence-corrected chi connectivity index (χ3v) is 5.88. The monoisotopic (exact) mass is 418 g/mol. The average Bonchev–Trinajstić information content (AvgIpc) is 3.00. The van der Waals surface area contributed by atoms with E-state index in [2.05, 4.69) is 0 Å². The number of carboxylic acid groups (broad SMARTS) is 1. The minimum Gasteiger partial charge on any atom is -0.481 e. The average molecular weight is 418 g/mol. The third kappa shape index (κ3) is 5.90. The highest BCUT2D eigenvalue weighted by Gasteiger charge is 2.41. The lowest BCUT2D eigenvalue weighted by Gasteiger charge is -2.30. The number of carboxylic acids is 1. The van der Waals surface area contributed by atoms with Gasteiger partial charge in [-0.1, -0.05) is 30.4 Å². The number of carbonyl (C=O) groups is 2. The van der Waals surface area contributed by atoms with Gasteiger partial charge in [-0.25, -0.2) is 0 Å². The standard InChI is InChI=1S/C23H30O7/c24-18(23-29-14-15-7-5-6-9-21(15)30-23)12-11-17-16(19(25)13-20(17)26)8-3-1-2-4-10-22(27)28/h1,3,5-7,9,16-18,20,23-24,26H,2,4,8,10-14H2,(H,27,28)/t16-,17-,18+,20-,23?/m1/s1. The van der Waals surface area contributed by atoms with Crippen LogP contribution in [0.15, 0.2) is 36.4 Å². The Labute approximate surface area is 176 Å². The first-order valence-electron chi connectivity index (χ1n) is 10.6. The van der Waals surface area contributed by atoms with Crippen molar-refractivity contribution >= 4 is 11.8 Å². The Bertz CT molecular complexity index is 760. The number of aliphatic hydroxyl groups excluding tert-OH is 2. The number of rotatable bonds is 10. The molecule has 1 aromatic carbocycles. The fourth-order valence-electron chi connectivity index (χ4n) is 4.21. The van der Waals surface area contributed by atoms with Crippen LogP contribution in [-0.4, -0.2) is 45.6 Å². The molecule has 30 heavy (non-hydrogen) atoms. The molecule has 2 aliphatic rings. The second-order valence-corrected chi connectivity index (χ2v) is 8.05. The van der Waals surface area contributed by atoms with E-state index in [0.717, 1.165) is 5.56 Å². The van der Waals surface area contributed by atoms with E-state index in [1.807, 2.05) is 36.4 Å². The molecule has 0 spiro atoms. The maximum atomic E-state index is 12.3. The van der Waals surface area contributed by atoms with Gasteiger partial charge in [-0.3, -0.25) is 9.59 Å². The van der Waals surface area contributed by atoms with Crippen LogP contribution < -0.4 is 4.74 Å². The number of Topliss-reactive ketones (excluding diaryl/α,β-unsaturated/α-hetero) is 1. The van der Waals surface area contributed by atoms with Crippen LogP contribution in [0.1, 0.15) is 50.5 Å². The smallest absolute Gasteiger partial charge is 0.303 e. The predicted octanol–water partition coefficient (Wildman–Crippen LogP) is 2.83. The summed E-state index contributed by atoms with van der Waals surface area (Å²) in [6.45, 7) is 0.373. The molecule has 164 valence electrons. The molecule has 0 amide bonds. The molecule has 0 bridgehead atoms. The van der Waals surface area contributed by atoms with Crippen molar-refractivity contribution in [2.75, 3.05) is 0 Å². The molecule has 3 N–H and O–H groups in total. The van der Waals surface area contributed by atoms with Gasteiger partial charge < -0.3 is 24.8 Å². The first-order valence-corrected chi connectivity index (χ1v) is 10.6. The number of aliphatic hydroxyl groups is 2. The molecule has 3 rings (SSSR count). The summed E-state index contributed by atoms with van der Waals surface area (Å²) >= 11 is 0. The van der Waals surface area contributed by atoms with Gasteiger partial charge in [-0.2, -0.15) is 0 Å². The number of unbranched alkanes of at least 4 members (excludes halogenated alkanes) is 1. The van der Waals surface area contributed by atoms with Crippen molar-refractivity contribution in [2.45, 2.75) is 70.1 Å². The van der Waals surface area contributed by atoms with E-state index in [4.69, 9.17) is 14.6 Å². The number of ether oxygens (including phenoxy) is 2. The Morgan fingerprint density at radius 2 is 2.07 bits per heavy atom. The molecule has 1 unspecified atom stereocenters. The van der Waals surface area contributed by atoms with Gasteiger partial charge in [0.25, 0.3) is 0 Å². The molecule has 5 atom stereocenters. The molecule has 1 heterocycles. The van der Waals surface area contributed by atoms with E-state index in [1.54, 1.807) is 0 Å². The predicted molar refractivity (Wildman–Crippen MR) is 109 cm³/mol. The van der Waals surface area contributed by atoms with Crippen molar-refractivity contribution in [1.29, 1.82) is 0 Å². The Hall–Kier alpha value is -2.22. The van der Waals surface area contributed by atoms with Crippen molar-refractivity contribution < 1.29 is 34.4 Å². The summed E-state index contributed by atoms with van der Waals surface area (Å²) in [6.07, 6.45) is 4.34. The molecule has 7 heteroatoms. The normalized spacial score (nSPS) is 27.1. The zero-order valence-corrected chi connectivity index (χ0v) is 17.0. The van der Waals surface area contributed by atoms with Crippen LogP contribution in [0.2, 0.25) is 0 Å². The molecule has 0 saturated heterocycles. The fraction of sp³-hybridized carbons (Fsp3) is 0.565. The van der Waals surface area contributed by atoms with Crippen LogP contribution in [-0.2, 0) is 20.9 Å². The number of fused-ring (bicyclic) bond motifs is 1. The summed E-state index contributed by atoms with van der Waals surface area (Å²) in [4.78, 5) is 22.8. The van der Waals surface area contributed by atoms with E-state index in [9.17, 15) is 19.8 Å². The molecule has 1 fully saturated rings. The number of ketones is 1. The summed E-state index contributed by atoms with van der Waals surface area (Å²) in [6, 6.07) is 7.53. The molecule has 1 aromatic rings. The number of carbonyl (C=O) groups excluding carboxylic acids is 1. The van der Waals surface area contributed by atoms with Crippen LogP contribution in [0.5, 0.6) is 5.75 Å². The maximum Gasteiger partial charge on any atom is 0.303 e. The fourth-order valence-corrected chi connectivity index (χ4v) is 4.21. The lowest BCUT2D eigenvalue weighted by molar-refractivity contribution is -0.168. The first-order chi connectivity index (χ1) is 14.5. The van der Waals surface area contributed by atoms with Crippen molar-refractivity contribution in [1.82, 2.24) is 0 Å². The van der Waals surface area contributed by atoms with Crippen molar-refractivity contribution in [3.05, 3.63) is 42.0 Å². The lowest BCUT2D eigenvalue weighted by Crippen LogP contribution is -2.37. The molecule has 7 nitrogen and oxygen atoms in total. The van der Waals surface area contributed by atoms with E-state index >= 15 is 0 Å². The zero-order chi connectivity index (χ0) is 21.5. The lowest BCUT2D eigenvalue weighted by atomic mass is 9.86. The third-order valence-electron chi connectivity index (χ3n) is 5.88. The van der Waals surface area contributed by atoms with Crippen LogP contribution in [0.4, 0.5) is 0 Å². The van der Waals surface area contributed by atoms with Gasteiger partial charge in [0.05, 0.1) is 12.7 Å². The number of hydrogen-bond donors (Lipinski definition) is 3. The summed E-state index contributed by atoms with van der Waals surface area (Å²) in [5.41, 5.74) is 0.938. The maximum absolute atomic E-state index is 12.3. The van der Waals surface area contributed by atoms with E-state index in [-0.39, 0.29) is 30.5 Å². The summed E-state index contributed by atoms with van der Waals surface area (Å²) in [7, 11) is 0. The Morgan fingerprint density at radius 1 is 1.27 bits per heavy atom. The number of benzene rings is 1.